The molecule has 0 aliphatic heterocycles. The molecule has 0 bridgehead atoms. The van der Waals surface area contributed by atoms with Gasteiger partial charge in [-0.05, 0) is 77.0 Å². The first kappa shape index (κ1) is 67.5. The fraction of sp³-hybridized carbons (Fsp3) is 0.621. The summed E-state index contributed by atoms with van der Waals surface area (Å²) in [6.07, 6.45) is 83.0. The number of hydrogen-bond donors (Lipinski definition) is 0. The Morgan fingerprint density at radius 1 is 0.306 bits per heavy atom. The Bertz CT molecular complexity index is 1560. The highest BCUT2D eigenvalue weighted by atomic mass is 16.6. The fourth-order valence-corrected chi connectivity index (χ4v) is 7.71. The Morgan fingerprint density at radius 2 is 0.611 bits per heavy atom. The van der Waals surface area contributed by atoms with E-state index in [9.17, 15) is 14.4 Å². The van der Waals surface area contributed by atoms with Crippen molar-refractivity contribution in [1.29, 1.82) is 0 Å². The lowest BCUT2D eigenvalue weighted by Crippen LogP contribution is -2.30. The van der Waals surface area contributed by atoms with E-state index < -0.39 is 6.10 Å². The van der Waals surface area contributed by atoms with Crippen LogP contribution >= 0.6 is 0 Å². The van der Waals surface area contributed by atoms with Crippen molar-refractivity contribution in [1.82, 2.24) is 0 Å². The third kappa shape index (κ3) is 56.5. The number of rotatable bonds is 51. The highest BCUT2D eigenvalue weighted by Crippen LogP contribution is 2.16. The van der Waals surface area contributed by atoms with E-state index in [0.717, 1.165) is 77.0 Å². The molecule has 406 valence electrons. The average Bonchev–Trinajstić information content (AvgIpc) is 3.38. The highest BCUT2D eigenvalue weighted by molar-refractivity contribution is 5.71. The second-order valence-electron chi connectivity index (χ2n) is 19.0. The molecule has 72 heavy (non-hydrogen) atoms. The SMILES string of the molecule is CC\C=C/C=C\C=C/C=C\C=C\C=C/C=C\CCCCCC(=O)OCC(COC(=O)CCC/C=C\C/C=C\C/C=C\C/C=C\CCCCC)OC(=O)CCCCCCCCCCCCCCCCCCCC. The van der Waals surface area contributed by atoms with E-state index >= 15 is 0 Å². The molecule has 6 nitrogen and oxygen atoms in total. The highest BCUT2D eigenvalue weighted by Gasteiger charge is 2.19. The smallest absolute Gasteiger partial charge is 0.306 e. The molecule has 0 spiro atoms. The molecule has 0 aromatic heterocycles. The number of carbonyl (C=O) groups is 3. The summed E-state index contributed by atoms with van der Waals surface area (Å²) < 4.78 is 16.8. The molecule has 0 amide bonds. The van der Waals surface area contributed by atoms with Gasteiger partial charge in [-0.15, -0.1) is 0 Å². The van der Waals surface area contributed by atoms with Crippen molar-refractivity contribution in [2.75, 3.05) is 13.2 Å². The molecule has 0 rings (SSSR count). The summed E-state index contributed by atoms with van der Waals surface area (Å²) in [5.41, 5.74) is 0. The topological polar surface area (TPSA) is 78.9 Å². The van der Waals surface area contributed by atoms with Crippen molar-refractivity contribution < 1.29 is 28.6 Å². The van der Waals surface area contributed by atoms with Crippen LogP contribution in [-0.4, -0.2) is 37.2 Å². The van der Waals surface area contributed by atoms with Gasteiger partial charge in [-0.2, -0.15) is 0 Å². The molecular formula is C66H106O6. The maximum absolute atomic E-state index is 12.9. The minimum atomic E-state index is -0.823. The monoisotopic (exact) mass is 995 g/mol. The van der Waals surface area contributed by atoms with E-state index in [2.05, 4.69) is 81.5 Å². The van der Waals surface area contributed by atoms with Gasteiger partial charge in [0.25, 0.3) is 0 Å². The Kier molecular flexibility index (Phi) is 55.5. The molecule has 0 aromatic carbocycles. The minimum Gasteiger partial charge on any atom is -0.462 e. The summed E-state index contributed by atoms with van der Waals surface area (Å²) in [5.74, 6) is -1.02. The summed E-state index contributed by atoms with van der Waals surface area (Å²) in [4.78, 5) is 38.2. The summed E-state index contributed by atoms with van der Waals surface area (Å²) >= 11 is 0. The van der Waals surface area contributed by atoms with Crippen LogP contribution < -0.4 is 0 Å². The third-order valence-corrected chi connectivity index (χ3v) is 12.1. The van der Waals surface area contributed by atoms with Crippen LogP contribution in [0.25, 0.3) is 0 Å². The summed E-state index contributed by atoms with van der Waals surface area (Å²) in [7, 11) is 0. The lowest BCUT2D eigenvalue weighted by Gasteiger charge is -2.18. The molecule has 1 atom stereocenters. The number of carbonyl (C=O) groups excluding carboxylic acids is 3. The van der Waals surface area contributed by atoms with E-state index in [1.165, 1.54) is 122 Å². The normalized spacial score (nSPS) is 13.1. The zero-order chi connectivity index (χ0) is 52.2. The summed E-state index contributed by atoms with van der Waals surface area (Å²) in [5, 5.41) is 0. The molecule has 0 fully saturated rings. The van der Waals surface area contributed by atoms with Crippen LogP contribution in [0.1, 0.15) is 245 Å². The quantitative estimate of drug-likeness (QED) is 0.0199. The zero-order valence-electron chi connectivity index (χ0n) is 46.4. The fourth-order valence-electron chi connectivity index (χ4n) is 7.71. The van der Waals surface area contributed by atoms with Crippen LogP contribution in [-0.2, 0) is 28.6 Å². The van der Waals surface area contributed by atoms with Gasteiger partial charge in [0, 0.05) is 19.3 Å². The minimum absolute atomic E-state index is 0.122. The van der Waals surface area contributed by atoms with Gasteiger partial charge in [0.05, 0.1) is 0 Å². The van der Waals surface area contributed by atoms with Gasteiger partial charge in [0.2, 0.25) is 0 Å². The van der Waals surface area contributed by atoms with Crippen LogP contribution in [0.4, 0.5) is 0 Å². The molecule has 0 saturated heterocycles. The predicted molar refractivity (Wildman–Crippen MR) is 311 cm³/mol. The number of ether oxygens (including phenoxy) is 3. The number of esters is 3. The Morgan fingerprint density at radius 3 is 1.06 bits per heavy atom. The first-order valence-corrected chi connectivity index (χ1v) is 29.3. The standard InChI is InChI=1S/C66H106O6/c1-4-7-10-13-16-19-22-25-28-31-33-36-38-41-44-47-50-53-56-59-65(68)71-62-63(61-70-64(67)58-55-52-49-46-43-40-37-34-30-27-24-21-18-15-12-9-6-3)72-66(69)60-57-54-51-48-45-42-39-35-32-29-26-23-20-17-14-11-8-5-2/h7,10,13,16,18-19,21-22,25,27-28,30-31,33,36-38,40-41,44,46,49,63H,4-6,8-9,11-12,14-15,17,20,23-24,26,29,32,34-35,39,42-43,45,47-48,50-62H2,1-3H3/b10-7-,16-13-,21-18-,22-19-,28-25-,30-27-,33-31+,38-36-,40-37-,44-41-,49-46-. The van der Waals surface area contributed by atoms with Gasteiger partial charge < -0.3 is 14.2 Å². The molecular weight excluding hydrogens is 889 g/mol. The Balaban J connectivity index is 4.57. The van der Waals surface area contributed by atoms with E-state index in [1.807, 2.05) is 72.9 Å². The average molecular weight is 996 g/mol. The lowest BCUT2D eigenvalue weighted by molar-refractivity contribution is -0.167. The molecule has 0 aromatic rings. The second kappa shape index (κ2) is 59.1. The Labute approximate surface area is 443 Å². The number of unbranched alkanes of at least 4 members (excludes halogenated alkanes) is 24. The summed E-state index contributed by atoms with van der Waals surface area (Å²) in [6, 6.07) is 0. The number of hydrogen-bond acceptors (Lipinski definition) is 6. The maximum Gasteiger partial charge on any atom is 0.306 e. The maximum atomic E-state index is 12.9. The third-order valence-electron chi connectivity index (χ3n) is 12.1. The van der Waals surface area contributed by atoms with Crippen molar-refractivity contribution >= 4 is 17.9 Å². The predicted octanol–water partition coefficient (Wildman–Crippen LogP) is 19.8. The van der Waals surface area contributed by atoms with Gasteiger partial charge in [0.1, 0.15) is 13.2 Å². The zero-order valence-corrected chi connectivity index (χ0v) is 46.4. The van der Waals surface area contributed by atoms with Crippen LogP contribution in [0, 0.1) is 0 Å². The molecule has 0 aliphatic carbocycles. The van der Waals surface area contributed by atoms with E-state index in [-0.39, 0.29) is 37.5 Å². The lowest BCUT2D eigenvalue weighted by atomic mass is 10.0. The molecule has 0 aliphatic rings. The van der Waals surface area contributed by atoms with E-state index in [4.69, 9.17) is 14.2 Å². The van der Waals surface area contributed by atoms with Crippen LogP contribution in [0.15, 0.2) is 134 Å². The number of allylic oxidation sites excluding steroid dienone is 22. The molecule has 0 radical (unpaired) electrons. The van der Waals surface area contributed by atoms with Crippen molar-refractivity contribution in [2.45, 2.75) is 252 Å². The van der Waals surface area contributed by atoms with Crippen LogP contribution in [0.5, 0.6) is 0 Å². The van der Waals surface area contributed by atoms with Crippen LogP contribution in [0.2, 0.25) is 0 Å². The molecule has 0 heterocycles. The van der Waals surface area contributed by atoms with Crippen molar-refractivity contribution in [2.24, 2.45) is 0 Å². The second-order valence-corrected chi connectivity index (χ2v) is 19.0. The largest absolute Gasteiger partial charge is 0.462 e. The molecule has 1 unspecified atom stereocenters. The van der Waals surface area contributed by atoms with Crippen LogP contribution in [0.3, 0.4) is 0 Å². The van der Waals surface area contributed by atoms with Gasteiger partial charge in [-0.1, -0.05) is 283 Å². The Hall–Kier alpha value is -4.45. The van der Waals surface area contributed by atoms with Gasteiger partial charge in [0.15, 0.2) is 6.10 Å². The first-order valence-electron chi connectivity index (χ1n) is 29.3. The molecule has 6 heteroatoms. The van der Waals surface area contributed by atoms with Crippen molar-refractivity contribution in [3.63, 3.8) is 0 Å². The van der Waals surface area contributed by atoms with Gasteiger partial charge >= 0.3 is 17.9 Å². The molecule has 0 saturated carbocycles. The van der Waals surface area contributed by atoms with Crippen molar-refractivity contribution in [3.05, 3.63) is 134 Å². The summed E-state index contributed by atoms with van der Waals surface area (Å²) in [6.45, 7) is 6.39. The van der Waals surface area contributed by atoms with E-state index in [1.54, 1.807) is 0 Å². The van der Waals surface area contributed by atoms with E-state index in [0.29, 0.717) is 19.3 Å². The van der Waals surface area contributed by atoms with Gasteiger partial charge in [-0.25, -0.2) is 0 Å². The molecule has 0 N–H and O–H groups in total. The first-order chi connectivity index (χ1) is 35.5. The van der Waals surface area contributed by atoms with Gasteiger partial charge in [-0.3, -0.25) is 14.4 Å². The van der Waals surface area contributed by atoms with Crippen molar-refractivity contribution in [3.8, 4) is 0 Å².